The minimum atomic E-state index is -4.46. The second kappa shape index (κ2) is 12.8. The van der Waals surface area contributed by atoms with Gasteiger partial charge in [0.1, 0.15) is 11.7 Å². The van der Waals surface area contributed by atoms with Crippen molar-refractivity contribution in [3.63, 3.8) is 0 Å². The van der Waals surface area contributed by atoms with Gasteiger partial charge in [-0.15, -0.1) is 0 Å². The SMILES string of the molecule is CO[C@H]1CCN(c2cc(C(=O)N[C@@H](CCP(=O)(O)O)C(=O)N3CCN(C(=O)O)CC3)nc(-c3ccccc3)c2)C1. The molecule has 2 atom stereocenters. The number of nitrogens with zero attached hydrogens (tertiary/aromatic N) is 4. The average molecular weight is 576 g/mol. The third-order valence-electron chi connectivity index (χ3n) is 7.13. The Hall–Kier alpha value is -3.51. The minimum Gasteiger partial charge on any atom is -0.465 e. The van der Waals surface area contributed by atoms with E-state index in [1.54, 1.807) is 13.2 Å². The lowest BCUT2D eigenvalue weighted by atomic mass is 10.1. The third kappa shape index (κ3) is 7.57. The number of ether oxygens (including phenoxy) is 1. The highest BCUT2D eigenvalue weighted by atomic mass is 31.2. The van der Waals surface area contributed by atoms with Crippen LogP contribution in [0.3, 0.4) is 0 Å². The molecule has 2 saturated heterocycles. The van der Waals surface area contributed by atoms with Crippen molar-refractivity contribution in [2.45, 2.75) is 25.0 Å². The van der Waals surface area contributed by atoms with Crippen molar-refractivity contribution < 1.29 is 38.6 Å². The van der Waals surface area contributed by atoms with E-state index in [4.69, 9.17) is 4.74 Å². The predicted molar refractivity (Wildman–Crippen MR) is 146 cm³/mol. The van der Waals surface area contributed by atoms with E-state index >= 15 is 0 Å². The molecule has 0 bridgehead atoms. The lowest BCUT2D eigenvalue weighted by Gasteiger charge is -2.35. The number of rotatable bonds is 9. The average Bonchev–Trinajstić information content (AvgIpc) is 3.44. The molecule has 4 rings (SSSR count). The first-order chi connectivity index (χ1) is 19.0. The fourth-order valence-electron chi connectivity index (χ4n) is 4.85. The van der Waals surface area contributed by atoms with Gasteiger partial charge in [0.2, 0.25) is 5.91 Å². The summed E-state index contributed by atoms with van der Waals surface area (Å²) in [5.74, 6) is -1.19. The number of carbonyl (C=O) groups is 3. The first-order valence-corrected chi connectivity index (χ1v) is 14.8. The summed E-state index contributed by atoms with van der Waals surface area (Å²) in [6.07, 6.45) is -1.10. The summed E-state index contributed by atoms with van der Waals surface area (Å²) in [5, 5.41) is 11.8. The Morgan fingerprint density at radius 3 is 2.35 bits per heavy atom. The van der Waals surface area contributed by atoms with Crippen LogP contribution < -0.4 is 10.2 Å². The first kappa shape index (κ1) is 29.5. The number of hydrogen-bond donors (Lipinski definition) is 4. The lowest BCUT2D eigenvalue weighted by Crippen LogP contribution is -2.56. The summed E-state index contributed by atoms with van der Waals surface area (Å²) >= 11 is 0. The van der Waals surface area contributed by atoms with Crippen LogP contribution >= 0.6 is 7.60 Å². The van der Waals surface area contributed by atoms with E-state index in [9.17, 15) is 33.8 Å². The Bertz CT molecular complexity index is 1260. The van der Waals surface area contributed by atoms with Crippen LogP contribution in [0.15, 0.2) is 42.5 Å². The second-order valence-corrected chi connectivity index (χ2v) is 11.6. The fraction of sp³-hybridized carbons (Fsp3) is 0.462. The van der Waals surface area contributed by atoms with Gasteiger partial charge in [0.05, 0.1) is 18.0 Å². The summed E-state index contributed by atoms with van der Waals surface area (Å²) in [4.78, 5) is 66.2. The Morgan fingerprint density at radius 1 is 1.07 bits per heavy atom. The maximum Gasteiger partial charge on any atom is 0.407 e. The van der Waals surface area contributed by atoms with Gasteiger partial charge in [0.15, 0.2) is 0 Å². The number of carbonyl (C=O) groups excluding carboxylic acids is 2. The molecular weight excluding hydrogens is 541 g/mol. The van der Waals surface area contributed by atoms with Crippen molar-refractivity contribution in [1.82, 2.24) is 20.1 Å². The molecule has 3 heterocycles. The molecular formula is C26H34N5O8P. The summed E-state index contributed by atoms with van der Waals surface area (Å²) in [6.45, 7) is 1.78. The van der Waals surface area contributed by atoms with Crippen LogP contribution in [-0.4, -0.2) is 112 Å². The number of nitrogens with one attached hydrogen (secondary N) is 1. The molecule has 0 saturated carbocycles. The van der Waals surface area contributed by atoms with Gasteiger partial charge in [-0.05, 0) is 25.0 Å². The quantitative estimate of drug-likeness (QED) is 0.321. The molecule has 1 aromatic carbocycles. The topological polar surface area (TPSA) is 173 Å². The fourth-order valence-corrected chi connectivity index (χ4v) is 5.45. The van der Waals surface area contributed by atoms with E-state index in [1.165, 1.54) is 9.80 Å². The molecule has 0 unspecified atom stereocenters. The van der Waals surface area contributed by atoms with Crippen molar-refractivity contribution in [2.24, 2.45) is 0 Å². The van der Waals surface area contributed by atoms with E-state index in [1.807, 2.05) is 36.4 Å². The summed E-state index contributed by atoms with van der Waals surface area (Å²) in [7, 11) is -2.80. The highest BCUT2D eigenvalue weighted by Crippen LogP contribution is 2.35. The number of carboxylic acid groups (broad SMARTS) is 1. The van der Waals surface area contributed by atoms with E-state index in [-0.39, 0.29) is 44.4 Å². The Balaban J connectivity index is 1.59. The molecule has 216 valence electrons. The molecule has 0 aliphatic carbocycles. The first-order valence-electron chi connectivity index (χ1n) is 13.0. The van der Waals surface area contributed by atoms with E-state index in [0.29, 0.717) is 12.2 Å². The van der Waals surface area contributed by atoms with Crippen LogP contribution in [0.4, 0.5) is 10.5 Å². The molecule has 0 radical (unpaired) electrons. The van der Waals surface area contributed by atoms with Crippen molar-refractivity contribution in [3.05, 3.63) is 48.2 Å². The van der Waals surface area contributed by atoms with Gasteiger partial charge < -0.3 is 39.6 Å². The number of piperazine rings is 1. The molecule has 0 spiro atoms. The molecule has 3 amide bonds. The van der Waals surface area contributed by atoms with Crippen molar-refractivity contribution in [3.8, 4) is 11.3 Å². The number of methoxy groups -OCH3 is 1. The number of hydrogen-bond acceptors (Lipinski definition) is 7. The third-order valence-corrected chi connectivity index (χ3v) is 7.97. The van der Waals surface area contributed by atoms with Crippen LogP contribution in [0.25, 0.3) is 11.3 Å². The molecule has 2 aliphatic rings. The van der Waals surface area contributed by atoms with Crippen LogP contribution in [0.1, 0.15) is 23.3 Å². The van der Waals surface area contributed by atoms with Crippen LogP contribution in [-0.2, 0) is 14.1 Å². The number of amides is 3. The van der Waals surface area contributed by atoms with Gasteiger partial charge in [-0.2, -0.15) is 0 Å². The zero-order valence-corrected chi connectivity index (χ0v) is 23.1. The molecule has 40 heavy (non-hydrogen) atoms. The zero-order chi connectivity index (χ0) is 28.9. The maximum absolute atomic E-state index is 13.5. The maximum atomic E-state index is 13.5. The zero-order valence-electron chi connectivity index (χ0n) is 22.2. The van der Waals surface area contributed by atoms with Gasteiger partial charge >= 0.3 is 13.7 Å². The highest BCUT2D eigenvalue weighted by Gasteiger charge is 2.32. The van der Waals surface area contributed by atoms with Crippen LogP contribution in [0, 0.1) is 0 Å². The molecule has 14 heteroatoms. The van der Waals surface area contributed by atoms with E-state index in [0.717, 1.165) is 24.2 Å². The summed E-state index contributed by atoms with van der Waals surface area (Å²) in [5.41, 5.74) is 2.18. The predicted octanol–water partition coefficient (Wildman–Crippen LogP) is 1.46. The molecule has 2 fully saturated rings. The van der Waals surface area contributed by atoms with Gasteiger partial charge in [-0.3, -0.25) is 14.2 Å². The number of anilines is 1. The second-order valence-electron chi connectivity index (χ2n) is 9.85. The Labute approximate surface area is 231 Å². The molecule has 2 aromatic rings. The molecule has 2 aliphatic heterocycles. The smallest absolute Gasteiger partial charge is 0.407 e. The monoisotopic (exact) mass is 575 g/mol. The Morgan fingerprint density at radius 2 is 1.75 bits per heavy atom. The summed E-state index contributed by atoms with van der Waals surface area (Å²) < 4.78 is 17.1. The summed E-state index contributed by atoms with van der Waals surface area (Å²) in [6, 6.07) is 11.6. The lowest BCUT2D eigenvalue weighted by molar-refractivity contribution is -0.134. The number of aromatic nitrogens is 1. The van der Waals surface area contributed by atoms with Gasteiger partial charge in [-0.25, -0.2) is 9.78 Å². The minimum absolute atomic E-state index is 0.0573. The molecule has 4 N–H and O–H groups in total. The van der Waals surface area contributed by atoms with Gasteiger partial charge in [0.25, 0.3) is 5.91 Å². The van der Waals surface area contributed by atoms with Crippen molar-refractivity contribution in [1.29, 1.82) is 0 Å². The van der Waals surface area contributed by atoms with Gasteiger partial charge in [-0.1, -0.05) is 30.3 Å². The van der Waals surface area contributed by atoms with Crippen LogP contribution in [0.2, 0.25) is 0 Å². The highest BCUT2D eigenvalue weighted by molar-refractivity contribution is 7.51. The van der Waals surface area contributed by atoms with E-state index in [2.05, 4.69) is 15.2 Å². The van der Waals surface area contributed by atoms with Gasteiger partial charge in [0, 0.05) is 57.6 Å². The number of pyridine rings is 1. The van der Waals surface area contributed by atoms with Crippen molar-refractivity contribution in [2.75, 3.05) is 57.4 Å². The number of benzene rings is 1. The Kier molecular flexibility index (Phi) is 9.41. The van der Waals surface area contributed by atoms with Crippen LogP contribution in [0.5, 0.6) is 0 Å². The van der Waals surface area contributed by atoms with Crippen molar-refractivity contribution >= 4 is 31.2 Å². The normalized spacial score (nSPS) is 18.5. The largest absolute Gasteiger partial charge is 0.465 e. The molecule has 1 aromatic heterocycles. The standard InChI is InChI=1S/C26H34N5O8P/c1-39-20-7-9-31(17-20)19-15-22(18-5-3-2-4-6-18)27-23(16-19)24(32)28-21(8-14-40(36,37)38)25(33)29-10-12-30(13-11-29)26(34)35/h2-6,15-16,20-21H,7-14,17H2,1H3,(H,28,32)(H,34,35)(H2,36,37,38)/t20-,21-/m0/s1. The molecule has 13 nitrogen and oxygen atoms in total. The van der Waals surface area contributed by atoms with E-state index < -0.39 is 37.7 Å².